The number of ether oxygens (including phenoxy) is 2. The number of likely N-dealkylation sites (tertiary alicyclic amines) is 2. The van der Waals surface area contributed by atoms with E-state index < -0.39 is 0 Å². The Morgan fingerprint density at radius 1 is 0.484 bits per heavy atom. The van der Waals surface area contributed by atoms with Gasteiger partial charge in [0.25, 0.3) is 0 Å². The maximum absolute atomic E-state index is 11.5. The molecule has 0 atom stereocenters. The van der Waals surface area contributed by atoms with Gasteiger partial charge in [0, 0.05) is 25.0 Å². The van der Waals surface area contributed by atoms with Crippen LogP contribution in [0.2, 0.25) is 0 Å². The summed E-state index contributed by atoms with van der Waals surface area (Å²) in [6.07, 6.45) is 11.8. The molecule has 0 unspecified atom stereocenters. The van der Waals surface area contributed by atoms with E-state index >= 15 is 0 Å². The number of hydrogen-bond acceptors (Lipinski definition) is 8. The summed E-state index contributed by atoms with van der Waals surface area (Å²) in [6, 6.07) is 38.8. The lowest BCUT2D eigenvalue weighted by Crippen LogP contribution is -2.33. The smallest absolute Gasteiger partial charge is 0.225 e. The molecule has 332 valence electrons. The minimum absolute atomic E-state index is 0.0337. The van der Waals surface area contributed by atoms with Gasteiger partial charge in [-0.05, 0) is 171 Å². The molecule has 10 rings (SSSR count). The lowest BCUT2D eigenvalue weighted by Gasteiger charge is -2.32. The molecule has 0 spiro atoms. The third-order valence-electron chi connectivity index (χ3n) is 13.6. The first-order valence-electron chi connectivity index (χ1n) is 23.8. The Morgan fingerprint density at radius 2 is 0.906 bits per heavy atom. The highest BCUT2D eigenvalue weighted by Gasteiger charge is 2.24. The zero-order valence-electron chi connectivity index (χ0n) is 37.1. The molecular formula is C54H62N6O4. The van der Waals surface area contributed by atoms with Crippen molar-refractivity contribution in [2.45, 2.75) is 88.9 Å². The van der Waals surface area contributed by atoms with E-state index in [0.29, 0.717) is 61.3 Å². The number of unbranched alkanes of at least 4 members (excludes halogenated alkanes) is 2. The minimum Gasteiger partial charge on any atom is -0.478 e. The van der Waals surface area contributed by atoms with Gasteiger partial charge < -0.3 is 29.9 Å². The molecule has 4 aliphatic rings. The van der Waals surface area contributed by atoms with E-state index in [1.807, 2.05) is 24.3 Å². The van der Waals surface area contributed by atoms with E-state index in [1.54, 1.807) is 0 Å². The van der Waals surface area contributed by atoms with Crippen molar-refractivity contribution < 1.29 is 19.1 Å². The first-order chi connectivity index (χ1) is 31.5. The van der Waals surface area contributed by atoms with E-state index in [-0.39, 0.29) is 11.8 Å². The molecule has 4 aromatic carbocycles. The molecule has 2 amide bonds. The molecular weight excluding hydrogens is 797 g/mol. The number of nitrogens with one attached hydrogen (secondary N) is 2. The highest BCUT2D eigenvalue weighted by atomic mass is 16.5. The summed E-state index contributed by atoms with van der Waals surface area (Å²) in [4.78, 5) is 37.2. The Kier molecular flexibility index (Phi) is 14.4. The Hall–Kier alpha value is -5.84. The van der Waals surface area contributed by atoms with Gasteiger partial charge in [-0.1, -0.05) is 84.9 Å². The number of anilines is 2. The van der Waals surface area contributed by atoms with Gasteiger partial charge in [0.05, 0.1) is 13.2 Å². The molecule has 10 nitrogen and oxygen atoms in total. The van der Waals surface area contributed by atoms with Crippen LogP contribution in [-0.2, 0) is 22.4 Å². The fraction of sp³-hybridized carbons (Fsp3) is 0.407. The largest absolute Gasteiger partial charge is 0.478 e. The number of benzene rings is 4. The number of nitrogens with zero attached hydrogens (tertiary/aromatic N) is 4. The highest BCUT2D eigenvalue weighted by Crippen LogP contribution is 2.35. The molecule has 0 saturated carbocycles. The van der Waals surface area contributed by atoms with Crippen molar-refractivity contribution in [3.05, 3.63) is 131 Å². The normalized spacial score (nSPS) is 17.2. The average molecular weight is 859 g/mol. The van der Waals surface area contributed by atoms with E-state index in [9.17, 15) is 9.59 Å². The Morgan fingerprint density at radius 3 is 1.36 bits per heavy atom. The quantitative estimate of drug-likeness (QED) is 0.104. The number of pyridine rings is 2. The van der Waals surface area contributed by atoms with Crippen LogP contribution in [0.25, 0.3) is 21.5 Å². The van der Waals surface area contributed by atoms with E-state index in [4.69, 9.17) is 9.47 Å². The van der Waals surface area contributed by atoms with Crippen LogP contribution >= 0.6 is 0 Å². The fourth-order valence-electron chi connectivity index (χ4n) is 9.98. The molecule has 2 saturated heterocycles. The average Bonchev–Trinajstić information content (AvgIpc) is 3.34. The topological polar surface area (TPSA) is 109 Å². The molecule has 2 fully saturated rings. The van der Waals surface area contributed by atoms with Crippen molar-refractivity contribution in [2.75, 3.05) is 63.1 Å². The fourth-order valence-corrected chi connectivity index (χ4v) is 9.98. The number of carbonyl (C=O) groups is 2. The van der Waals surface area contributed by atoms with Gasteiger partial charge in [-0.25, -0.2) is 0 Å². The van der Waals surface area contributed by atoms with Gasteiger partial charge in [0.2, 0.25) is 23.6 Å². The van der Waals surface area contributed by atoms with Crippen molar-refractivity contribution in [3.63, 3.8) is 0 Å². The molecule has 0 bridgehead atoms. The van der Waals surface area contributed by atoms with Crippen LogP contribution in [0.3, 0.4) is 0 Å². The number of amides is 2. The molecule has 64 heavy (non-hydrogen) atoms. The van der Waals surface area contributed by atoms with Crippen molar-refractivity contribution >= 4 is 45.0 Å². The third kappa shape index (κ3) is 11.1. The summed E-state index contributed by atoms with van der Waals surface area (Å²) in [5, 5.41) is 11.2. The second kappa shape index (κ2) is 21.2. The van der Waals surface area contributed by atoms with Gasteiger partial charge in [-0.3, -0.25) is 9.59 Å². The van der Waals surface area contributed by atoms with Crippen LogP contribution in [0.1, 0.15) is 98.3 Å². The number of fused-ring (bicyclic) bond motifs is 4. The lowest BCUT2D eigenvalue weighted by atomic mass is 9.86. The standard InChI is InChI=1S/2C27H31N3O2/c2*31-25-12-10-22-11-13-26(29-27(22)28-25)32-19-4-3-16-30-17-14-21(15-18-30)24-9-5-7-20-6-1-2-8-23(20)24/h2*1-2,5-9,11,13,21H,3-4,10,12,14-19H2,(H,28,29,31). The Labute approximate surface area is 377 Å². The van der Waals surface area contributed by atoms with Crippen molar-refractivity contribution in [3.8, 4) is 11.8 Å². The number of piperidine rings is 2. The number of rotatable bonds is 14. The monoisotopic (exact) mass is 858 g/mol. The number of carbonyl (C=O) groups excluding carboxylic acids is 2. The van der Waals surface area contributed by atoms with Crippen LogP contribution in [-0.4, -0.2) is 84.1 Å². The summed E-state index contributed by atoms with van der Waals surface area (Å²) >= 11 is 0. The van der Waals surface area contributed by atoms with Crippen LogP contribution in [0, 0.1) is 0 Å². The third-order valence-corrected chi connectivity index (χ3v) is 13.6. The van der Waals surface area contributed by atoms with Crippen LogP contribution in [0.4, 0.5) is 11.6 Å². The van der Waals surface area contributed by atoms with Crippen LogP contribution in [0.5, 0.6) is 11.8 Å². The zero-order valence-corrected chi connectivity index (χ0v) is 37.1. The zero-order chi connectivity index (χ0) is 43.5. The number of hydrogen-bond donors (Lipinski definition) is 2. The summed E-state index contributed by atoms with van der Waals surface area (Å²) < 4.78 is 11.7. The van der Waals surface area contributed by atoms with Crippen molar-refractivity contribution in [1.29, 1.82) is 0 Å². The molecule has 10 heteroatoms. The van der Waals surface area contributed by atoms with Gasteiger partial charge >= 0.3 is 0 Å². The van der Waals surface area contributed by atoms with Crippen molar-refractivity contribution in [1.82, 2.24) is 19.8 Å². The van der Waals surface area contributed by atoms with E-state index in [2.05, 4.69) is 115 Å². The second-order valence-electron chi connectivity index (χ2n) is 17.9. The van der Waals surface area contributed by atoms with Gasteiger partial charge in [-0.15, -0.1) is 0 Å². The molecule has 6 aromatic rings. The highest BCUT2D eigenvalue weighted by molar-refractivity contribution is 5.93. The molecule has 2 N–H and O–H groups in total. The summed E-state index contributed by atoms with van der Waals surface area (Å²) in [6.45, 7) is 8.24. The van der Waals surface area contributed by atoms with Crippen LogP contribution in [0.15, 0.2) is 109 Å². The summed E-state index contributed by atoms with van der Waals surface area (Å²) in [5.74, 6) is 3.91. The second-order valence-corrected chi connectivity index (χ2v) is 17.9. The van der Waals surface area contributed by atoms with Gasteiger partial charge in [0.15, 0.2) is 0 Å². The van der Waals surface area contributed by atoms with Crippen LogP contribution < -0.4 is 20.1 Å². The predicted molar refractivity (Wildman–Crippen MR) is 257 cm³/mol. The first-order valence-corrected chi connectivity index (χ1v) is 23.8. The lowest BCUT2D eigenvalue weighted by molar-refractivity contribution is -0.117. The number of aromatic nitrogens is 2. The predicted octanol–water partition coefficient (Wildman–Crippen LogP) is 10.3. The minimum atomic E-state index is 0.0337. The van der Waals surface area contributed by atoms with E-state index in [1.165, 1.54) is 84.5 Å². The van der Waals surface area contributed by atoms with Gasteiger partial charge in [0.1, 0.15) is 11.6 Å². The Bertz CT molecular complexity index is 2340. The molecule has 4 aliphatic heterocycles. The maximum Gasteiger partial charge on any atom is 0.225 e. The first kappa shape index (κ1) is 43.4. The number of aryl methyl sites for hydroxylation is 2. The molecule has 6 heterocycles. The maximum atomic E-state index is 11.5. The van der Waals surface area contributed by atoms with E-state index in [0.717, 1.165) is 62.7 Å². The summed E-state index contributed by atoms with van der Waals surface area (Å²) in [5.41, 5.74) is 5.21. The SMILES string of the molecule is O=C1CCc2ccc(OCCCCN3CCC(c4cccc5ccccc45)CC3)nc2N1.O=C1CCc2ccc(OCCCCN3CCC(c4cccc5ccccc45)CC3)nc2N1. The van der Waals surface area contributed by atoms with Crippen molar-refractivity contribution in [2.24, 2.45) is 0 Å². The molecule has 0 radical (unpaired) electrons. The summed E-state index contributed by atoms with van der Waals surface area (Å²) in [7, 11) is 0. The molecule has 2 aromatic heterocycles. The Balaban J connectivity index is 0.000000162. The van der Waals surface area contributed by atoms with Gasteiger partial charge in [-0.2, -0.15) is 9.97 Å². The molecule has 0 aliphatic carbocycles.